The summed E-state index contributed by atoms with van der Waals surface area (Å²) in [4.78, 5) is 24.7. The molecule has 2 N–H and O–H groups in total. The fourth-order valence-corrected chi connectivity index (χ4v) is 2.74. The molecule has 0 unspecified atom stereocenters. The molecule has 0 aromatic carbocycles. The number of rotatable bonds is 3. The van der Waals surface area contributed by atoms with Crippen LogP contribution >= 0.6 is 0 Å². The lowest BCUT2D eigenvalue weighted by Crippen LogP contribution is -2.45. The number of likely N-dealkylation sites (N-methyl/N-ethyl adjacent to an activating group) is 1. The van der Waals surface area contributed by atoms with E-state index in [1.54, 1.807) is 11.9 Å². The first-order chi connectivity index (χ1) is 8.08. The minimum atomic E-state index is -0.356. The van der Waals surface area contributed by atoms with Crippen molar-refractivity contribution in [3.05, 3.63) is 0 Å². The highest BCUT2D eigenvalue weighted by Crippen LogP contribution is 2.26. The maximum atomic E-state index is 12.0. The Morgan fingerprint density at radius 2 is 2.24 bits per heavy atom. The van der Waals surface area contributed by atoms with Gasteiger partial charge >= 0.3 is 0 Å². The van der Waals surface area contributed by atoms with Gasteiger partial charge in [0.25, 0.3) is 0 Å². The third-order valence-corrected chi connectivity index (χ3v) is 3.80. The number of hydrogen-bond donors (Lipinski definition) is 2. The lowest BCUT2D eigenvalue weighted by atomic mass is 10.1. The van der Waals surface area contributed by atoms with Gasteiger partial charge in [0, 0.05) is 25.9 Å². The van der Waals surface area contributed by atoms with Crippen LogP contribution in [0.1, 0.15) is 32.1 Å². The van der Waals surface area contributed by atoms with Gasteiger partial charge in [0.1, 0.15) is 6.04 Å². The monoisotopic (exact) mass is 240 g/mol. The van der Waals surface area contributed by atoms with Crippen LogP contribution in [0.2, 0.25) is 0 Å². The molecule has 0 spiro atoms. The van der Waals surface area contributed by atoms with E-state index in [0.717, 1.165) is 19.3 Å². The van der Waals surface area contributed by atoms with Gasteiger partial charge in [-0.15, -0.1) is 0 Å². The van der Waals surface area contributed by atoms with E-state index in [4.69, 9.17) is 0 Å². The number of aliphatic hydroxyl groups is 1. The largest absolute Gasteiger partial charge is 0.393 e. The Morgan fingerprint density at radius 1 is 1.47 bits per heavy atom. The molecule has 1 aliphatic carbocycles. The summed E-state index contributed by atoms with van der Waals surface area (Å²) in [7, 11) is 1.75. The first-order valence-electron chi connectivity index (χ1n) is 6.30. The smallest absolute Gasteiger partial charge is 0.244 e. The molecule has 3 atom stereocenters. The average molecular weight is 240 g/mol. The Kier molecular flexibility index (Phi) is 3.66. The van der Waals surface area contributed by atoms with E-state index < -0.39 is 0 Å². The Bertz CT molecular complexity index is 319. The number of aliphatic hydroxyl groups excluding tert-OH is 1. The van der Waals surface area contributed by atoms with Crippen molar-refractivity contribution in [2.45, 2.75) is 44.2 Å². The first-order valence-corrected chi connectivity index (χ1v) is 6.30. The molecule has 1 saturated carbocycles. The number of nitrogens with one attached hydrogen (secondary N) is 1. The summed E-state index contributed by atoms with van der Waals surface area (Å²) in [6, 6.07) is -0.356. The molecular weight excluding hydrogens is 220 g/mol. The summed E-state index contributed by atoms with van der Waals surface area (Å²) in [5, 5.41) is 12.4. The fourth-order valence-electron chi connectivity index (χ4n) is 2.74. The zero-order valence-electron chi connectivity index (χ0n) is 10.2. The molecule has 1 heterocycles. The molecule has 5 nitrogen and oxygen atoms in total. The maximum Gasteiger partial charge on any atom is 0.244 e. The molecule has 0 aromatic rings. The minimum absolute atomic E-state index is 0.0325. The van der Waals surface area contributed by atoms with Crippen LogP contribution in [0.4, 0.5) is 0 Å². The highest BCUT2D eigenvalue weighted by molar-refractivity contribution is 5.90. The molecule has 2 amide bonds. The number of nitrogens with zero attached hydrogens (tertiary/aromatic N) is 1. The molecule has 0 bridgehead atoms. The molecule has 0 radical (unpaired) electrons. The van der Waals surface area contributed by atoms with Crippen molar-refractivity contribution in [1.29, 1.82) is 0 Å². The molecule has 5 heteroatoms. The predicted octanol–water partition coefficient (Wildman–Crippen LogP) is -0.116. The zero-order valence-corrected chi connectivity index (χ0v) is 10.2. The van der Waals surface area contributed by atoms with Crippen LogP contribution < -0.4 is 5.32 Å². The van der Waals surface area contributed by atoms with Gasteiger partial charge in [0.2, 0.25) is 11.8 Å². The Hall–Kier alpha value is -1.10. The highest BCUT2D eigenvalue weighted by atomic mass is 16.3. The van der Waals surface area contributed by atoms with Crippen LogP contribution in [-0.4, -0.2) is 47.6 Å². The molecule has 1 saturated heterocycles. The van der Waals surface area contributed by atoms with E-state index in [-0.39, 0.29) is 29.9 Å². The van der Waals surface area contributed by atoms with Crippen molar-refractivity contribution in [3.63, 3.8) is 0 Å². The van der Waals surface area contributed by atoms with Crippen molar-refractivity contribution < 1.29 is 14.7 Å². The van der Waals surface area contributed by atoms with E-state index in [0.29, 0.717) is 19.4 Å². The quantitative estimate of drug-likeness (QED) is 0.723. The second-order valence-corrected chi connectivity index (χ2v) is 5.14. The summed E-state index contributed by atoms with van der Waals surface area (Å²) in [6.45, 7) is 0.590. The van der Waals surface area contributed by atoms with E-state index in [2.05, 4.69) is 5.32 Å². The van der Waals surface area contributed by atoms with Gasteiger partial charge in [-0.25, -0.2) is 0 Å². The Morgan fingerprint density at radius 3 is 2.76 bits per heavy atom. The normalized spacial score (nSPS) is 32.6. The van der Waals surface area contributed by atoms with Gasteiger partial charge in [-0.1, -0.05) is 6.42 Å². The van der Waals surface area contributed by atoms with Crippen molar-refractivity contribution in [2.24, 2.45) is 5.92 Å². The van der Waals surface area contributed by atoms with Crippen LogP contribution in [0.3, 0.4) is 0 Å². The van der Waals surface area contributed by atoms with Gasteiger partial charge < -0.3 is 15.3 Å². The molecule has 96 valence electrons. The maximum absolute atomic E-state index is 12.0. The van der Waals surface area contributed by atoms with Crippen LogP contribution in [0, 0.1) is 5.92 Å². The van der Waals surface area contributed by atoms with E-state index in [1.165, 1.54) is 0 Å². The van der Waals surface area contributed by atoms with Crippen LogP contribution in [0.15, 0.2) is 0 Å². The highest BCUT2D eigenvalue weighted by Gasteiger charge is 2.32. The van der Waals surface area contributed by atoms with Crippen molar-refractivity contribution in [3.8, 4) is 0 Å². The van der Waals surface area contributed by atoms with Crippen molar-refractivity contribution >= 4 is 11.8 Å². The number of carbonyl (C=O) groups excluding carboxylic acids is 2. The predicted molar refractivity (Wildman–Crippen MR) is 62.1 cm³/mol. The summed E-state index contributed by atoms with van der Waals surface area (Å²) in [5.74, 6) is 0.119. The van der Waals surface area contributed by atoms with Gasteiger partial charge in [0.05, 0.1) is 6.10 Å². The second-order valence-electron chi connectivity index (χ2n) is 5.14. The van der Waals surface area contributed by atoms with E-state index in [9.17, 15) is 14.7 Å². The topological polar surface area (TPSA) is 69.6 Å². The van der Waals surface area contributed by atoms with Crippen molar-refractivity contribution in [2.75, 3.05) is 13.6 Å². The van der Waals surface area contributed by atoms with Crippen molar-refractivity contribution in [1.82, 2.24) is 10.2 Å². The van der Waals surface area contributed by atoms with E-state index in [1.807, 2.05) is 0 Å². The number of amides is 2. The summed E-state index contributed by atoms with van der Waals surface area (Å²) >= 11 is 0. The summed E-state index contributed by atoms with van der Waals surface area (Å²) < 4.78 is 0. The number of hydrogen-bond acceptors (Lipinski definition) is 3. The molecule has 2 rings (SSSR count). The minimum Gasteiger partial charge on any atom is -0.393 e. The third kappa shape index (κ3) is 2.77. The Labute approximate surface area is 101 Å². The first kappa shape index (κ1) is 12.4. The third-order valence-electron chi connectivity index (χ3n) is 3.80. The Balaban J connectivity index is 1.84. The van der Waals surface area contributed by atoms with Gasteiger partial charge in [-0.3, -0.25) is 9.59 Å². The standard InChI is InChI=1S/C12H20N2O3/c1-14(7-8-3-2-4-10(8)15)12(17)9-5-6-11(16)13-9/h8-10,15H,2-7H2,1H3,(H,13,16)/t8-,9-,10+/m1/s1. The van der Waals surface area contributed by atoms with Gasteiger partial charge in [-0.2, -0.15) is 0 Å². The summed E-state index contributed by atoms with van der Waals surface area (Å²) in [5.41, 5.74) is 0. The molecule has 2 aliphatic rings. The SMILES string of the molecule is CN(C[C@H]1CCC[C@@H]1O)C(=O)[C@H]1CCC(=O)N1. The second kappa shape index (κ2) is 5.04. The molecule has 2 fully saturated rings. The fraction of sp³-hybridized carbons (Fsp3) is 0.833. The van der Waals surface area contributed by atoms with Crippen LogP contribution in [-0.2, 0) is 9.59 Å². The van der Waals surface area contributed by atoms with Gasteiger partial charge in [-0.05, 0) is 19.3 Å². The number of carbonyl (C=O) groups is 2. The zero-order chi connectivity index (χ0) is 12.4. The van der Waals surface area contributed by atoms with Crippen LogP contribution in [0.25, 0.3) is 0 Å². The lowest BCUT2D eigenvalue weighted by molar-refractivity contribution is -0.134. The average Bonchev–Trinajstić information content (AvgIpc) is 2.88. The molecular formula is C12H20N2O3. The van der Waals surface area contributed by atoms with Crippen LogP contribution in [0.5, 0.6) is 0 Å². The van der Waals surface area contributed by atoms with Gasteiger partial charge in [0.15, 0.2) is 0 Å². The molecule has 1 aliphatic heterocycles. The lowest BCUT2D eigenvalue weighted by Gasteiger charge is -2.25. The van der Waals surface area contributed by atoms with E-state index >= 15 is 0 Å². The molecule has 0 aromatic heterocycles. The molecule has 17 heavy (non-hydrogen) atoms. The summed E-state index contributed by atoms with van der Waals surface area (Å²) in [6.07, 6.45) is 3.62.